The number of hydrogen-bond donors (Lipinski definition) is 4. The number of aliphatic hydroxyl groups excluding tert-OH is 1. The van der Waals surface area contributed by atoms with E-state index in [4.69, 9.17) is 9.84 Å². The van der Waals surface area contributed by atoms with Crippen LogP contribution in [-0.2, 0) is 14.3 Å². The number of carboxylic acid groups (broad SMARTS) is 1. The van der Waals surface area contributed by atoms with Crippen LogP contribution in [0.1, 0.15) is 40.8 Å². The SMILES string of the molecule is O=C(O)CC(NC(=O)CC(O)CNC(=O)OCC1c2ccccc2-c2ccccc21)c1cccs1. The highest BCUT2D eigenvalue weighted by atomic mass is 32.1. The van der Waals surface area contributed by atoms with Gasteiger partial charge in [-0.2, -0.15) is 0 Å². The Hall–Kier alpha value is -3.69. The number of ether oxygens (including phenoxy) is 1. The van der Waals surface area contributed by atoms with Gasteiger partial charge in [-0.15, -0.1) is 11.3 Å². The highest BCUT2D eigenvalue weighted by molar-refractivity contribution is 7.10. The maximum absolute atomic E-state index is 12.3. The summed E-state index contributed by atoms with van der Waals surface area (Å²) in [5.74, 6) is -1.63. The first-order valence-corrected chi connectivity index (χ1v) is 12.1. The number of carbonyl (C=O) groups is 3. The van der Waals surface area contributed by atoms with Gasteiger partial charge < -0.3 is 25.6 Å². The van der Waals surface area contributed by atoms with Gasteiger partial charge in [0.2, 0.25) is 5.91 Å². The Balaban J connectivity index is 1.25. The number of carboxylic acids is 1. The zero-order chi connectivity index (χ0) is 24.8. The van der Waals surface area contributed by atoms with E-state index in [1.165, 1.54) is 11.3 Å². The van der Waals surface area contributed by atoms with Crippen molar-refractivity contribution in [3.63, 3.8) is 0 Å². The molecule has 0 spiro atoms. The lowest BCUT2D eigenvalue weighted by molar-refractivity contribution is -0.137. The topological polar surface area (TPSA) is 125 Å². The number of alkyl carbamates (subject to hydrolysis) is 1. The number of benzene rings is 2. The normalized spacial score (nSPS) is 13.9. The van der Waals surface area contributed by atoms with Gasteiger partial charge in [-0.05, 0) is 33.7 Å². The van der Waals surface area contributed by atoms with Crippen LogP contribution in [0.4, 0.5) is 4.79 Å². The minimum absolute atomic E-state index is 0.0766. The van der Waals surface area contributed by atoms with Crippen LogP contribution in [0.5, 0.6) is 0 Å². The molecule has 0 bridgehead atoms. The smallest absolute Gasteiger partial charge is 0.407 e. The molecule has 1 aromatic heterocycles. The van der Waals surface area contributed by atoms with E-state index in [-0.39, 0.29) is 31.9 Å². The molecule has 0 fully saturated rings. The van der Waals surface area contributed by atoms with Crippen molar-refractivity contribution >= 4 is 29.3 Å². The van der Waals surface area contributed by atoms with Crippen molar-refractivity contribution in [1.29, 1.82) is 0 Å². The minimum Gasteiger partial charge on any atom is -0.481 e. The highest BCUT2D eigenvalue weighted by Crippen LogP contribution is 2.44. The molecule has 0 saturated carbocycles. The largest absolute Gasteiger partial charge is 0.481 e. The lowest BCUT2D eigenvalue weighted by Crippen LogP contribution is -2.37. The van der Waals surface area contributed by atoms with E-state index in [0.29, 0.717) is 4.88 Å². The Labute approximate surface area is 206 Å². The Morgan fingerprint density at radius 1 is 0.943 bits per heavy atom. The van der Waals surface area contributed by atoms with Gasteiger partial charge in [-0.1, -0.05) is 54.6 Å². The fourth-order valence-corrected chi connectivity index (χ4v) is 5.05. The molecule has 2 unspecified atom stereocenters. The molecular weight excluding hydrogens is 468 g/mol. The zero-order valence-corrected chi connectivity index (χ0v) is 19.7. The minimum atomic E-state index is -1.15. The van der Waals surface area contributed by atoms with Crippen LogP contribution in [-0.4, -0.2) is 47.4 Å². The van der Waals surface area contributed by atoms with E-state index in [1.54, 1.807) is 17.5 Å². The third kappa shape index (κ3) is 6.06. The lowest BCUT2D eigenvalue weighted by Gasteiger charge is -2.18. The Morgan fingerprint density at radius 2 is 1.60 bits per heavy atom. The van der Waals surface area contributed by atoms with Gasteiger partial charge >= 0.3 is 12.1 Å². The number of nitrogens with one attached hydrogen (secondary N) is 2. The third-order valence-corrected chi connectivity index (χ3v) is 6.83. The van der Waals surface area contributed by atoms with Crippen molar-refractivity contribution in [3.8, 4) is 11.1 Å². The first kappa shape index (κ1) is 24.4. The summed E-state index contributed by atoms with van der Waals surface area (Å²) in [5.41, 5.74) is 4.45. The molecular formula is C26H26N2O6S. The Morgan fingerprint density at radius 3 is 2.20 bits per heavy atom. The molecule has 2 atom stereocenters. The van der Waals surface area contributed by atoms with Gasteiger partial charge in [0.1, 0.15) is 6.61 Å². The Bertz CT molecular complexity index is 1150. The van der Waals surface area contributed by atoms with Crippen molar-refractivity contribution in [3.05, 3.63) is 82.0 Å². The molecule has 4 rings (SSSR count). The van der Waals surface area contributed by atoms with Gasteiger partial charge in [0.15, 0.2) is 0 Å². The first-order valence-electron chi connectivity index (χ1n) is 11.2. The fraction of sp³-hybridized carbons (Fsp3) is 0.269. The van der Waals surface area contributed by atoms with Crippen LogP contribution in [0.2, 0.25) is 0 Å². The molecule has 35 heavy (non-hydrogen) atoms. The van der Waals surface area contributed by atoms with E-state index >= 15 is 0 Å². The molecule has 1 aliphatic carbocycles. The number of hydrogen-bond acceptors (Lipinski definition) is 6. The molecule has 2 amide bonds. The van der Waals surface area contributed by atoms with Crippen LogP contribution in [0.3, 0.4) is 0 Å². The summed E-state index contributed by atoms with van der Waals surface area (Å²) in [6, 6.07) is 18.9. The summed E-state index contributed by atoms with van der Waals surface area (Å²) in [7, 11) is 0. The number of aliphatic hydroxyl groups is 1. The summed E-state index contributed by atoms with van der Waals surface area (Å²) in [5, 5.41) is 26.2. The number of thiophene rings is 1. The lowest BCUT2D eigenvalue weighted by atomic mass is 9.98. The molecule has 0 aliphatic heterocycles. The molecule has 4 N–H and O–H groups in total. The first-order chi connectivity index (χ1) is 16.9. The second-order valence-electron chi connectivity index (χ2n) is 8.30. The monoisotopic (exact) mass is 494 g/mol. The number of fused-ring (bicyclic) bond motifs is 3. The van der Waals surface area contributed by atoms with Gasteiger partial charge in [0.25, 0.3) is 0 Å². The van der Waals surface area contributed by atoms with Crippen molar-refractivity contribution < 1.29 is 29.3 Å². The number of carbonyl (C=O) groups excluding carboxylic acids is 2. The zero-order valence-electron chi connectivity index (χ0n) is 18.8. The van der Waals surface area contributed by atoms with Crippen LogP contribution in [0, 0.1) is 0 Å². The number of amides is 2. The summed E-state index contributed by atoms with van der Waals surface area (Å²) in [6.07, 6.45) is -2.39. The summed E-state index contributed by atoms with van der Waals surface area (Å²) in [4.78, 5) is 36.4. The summed E-state index contributed by atoms with van der Waals surface area (Å²) < 4.78 is 5.43. The van der Waals surface area contributed by atoms with E-state index in [1.807, 2.05) is 36.4 Å². The maximum Gasteiger partial charge on any atom is 0.407 e. The average molecular weight is 495 g/mol. The van der Waals surface area contributed by atoms with Gasteiger partial charge in [0.05, 0.1) is 25.0 Å². The van der Waals surface area contributed by atoms with E-state index in [0.717, 1.165) is 22.3 Å². The van der Waals surface area contributed by atoms with E-state index < -0.39 is 30.1 Å². The Kier molecular flexibility index (Phi) is 7.79. The molecule has 0 saturated heterocycles. The molecule has 1 heterocycles. The summed E-state index contributed by atoms with van der Waals surface area (Å²) in [6.45, 7) is -0.0270. The summed E-state index contributed by atoms with van der Waals surface area (Å²) >= 11 is 1.34. The molecule has 3 aromatic rings. The quantitative estimate of drug-likeness (QED) is 0.341. The predicted octanol–water partition coefficient (Wildman–Crippen LogP) is 3.67. The third-order valence-electron chi connectivity index (χ3n) is 5.85. The fourth-order valence-electron chi connectivity index (χ4n) is 4.28. The van der Waals surface area contributed by atoms with Gasteiger partial charge in [-0.3, -0.25) is 9.59 Å². The van der Waals surface area contributed by atoms with Crippen molar-refractivity contribution in [1.82, 2.24) is 10.6 Å². The van der Waals surface area contributed by atoms with Crippen molar-refractivity contribution in [2.45, 2.75) is 30.9 Å². The van der Waals surface area contributed by atoms with Crippen LogP contribution in [0.25, 0.3) is 11.1 Å². The number of rotatable bonds is 10. The highest BCUT2D eigenvalue weighted by Gasteiger charge is 2.29. The second kappa shape index (κ2) is 11.2. The van der Waals surface area contributed by atoms with Crippen LogP contribution >= 0.6 is 11.3 Å². The molecule has 9 heteroatoms. The molecule has 8 nitrogen and oxygen atoms in total. The standard InChI is InChI=1S/C26H26N2O6S/c29-16(12-24(30)28-22(13-25(31)32)23-10-5-11-35-23)14-27-26(33)34-15-21-19-8-3-1-6-17(19)18-7-2-4-9-20(18)21/h1-11,16,21-22,29H,12-15H2,(H,27,33)(H,28,30)(H,31,32). The molecule has 1 aliphatic rings. The molecule has 2 aromatic carbocycles. The molecule has 182 valence electrons. The van der Waals surface area contributed by atoms with E-state index in [9.17, 15) is 19.5 Å². The van der Waals surface area contributed by atoms with Gasteiger partial charge in [0, 0.05) is 17.3 Å². The van der Waals surface area contributed by atoms with Gasteiger partial charge in [-0.25, -0.2) is 4.79 Å². The van der Waals surface area contributed by atoms with Crippen molar-refractivity contribution in [2.24, 2.45) is 0 Å². The number of aliphatic carboxylic acids is 1. The van der Waals surface area contributed by atoms with Crippen LogP contribution in [0.15, 0.2) is 66.0 Å². The average Bonchev–Trinajstić information content (AvgIpc) is 3.48. The predicted molar refractivity (Wildman–Crippen MR) is 131 cm³/mol. The van der Waals surface area contributed by atoms with E-state index in [2.05, 4.69) is 22.8 Å². The van der Waals surface area contributed by atoms with Crippen molar-refractivity contribution in [2.75, 3.05) is 13.2 Å². The second-order valence-corrected chi connectivity index (χ2v) is 9.28. The maximum atomic E-state index is 12.3. The van der Waals surface area contributed by atoms with Crippen LogP contribution < -0.4 is 10.6 Å². The molecule has 0 radical (unpaired) electrons.